The number of rotatable bonds is 5. The van der Waals surface area contributed by atoms with Gasteiger partial charge < -0.3 is 10.4 Å². The molecule has 0 bridgehead atoms. The van der Waals surface area contributed by atoms with Gasteiger partial charge in [0.1, 0.15) is 0 Å². The van der Waals surface area contributed by atoms with Crippen LogP contribution in [-0.4, -0.2) is 28.1 Å². The molecule has 0 aliphatic heterocycles. The lowest BCUT2D eigenvalue weighted by molar-refractivity contribution is 0.00592. The van der Waals surface area contributed by atoms with Crippen LogP contribution in [0.2, 0.25) is 0 Å². The average Bonchev–Trinajstić information content (AvgIpc) is 2.35. The van der Waals surface area contributed by atoms with Gasteiger partial charge in [0, 0.05) is 23.4 Å². The number of aromatic nitrogens is 1. The first kappa shape index (κ1) is 15.1. The fourth-order valence-corrected chi connectivity index (χ4v) is 1.88. The third-order valence-corrected chi connectivity index (χ3v) is 3.68. The van der Waals surface area contributed by atoms with Crippen molar-refractivity contribution in [3.63, 3.8) is 0 Å². The molecule has 18 heavy (non-hydrogen) atoms. The van der Waals surface area contributed by atoms with Gasteiger partial charge in [-0.15, -0.1) is 0 Å². The Hall–Kier alpha value is -0.940. The molecule has 0 aliphatic carbocycles. The fourth-order valence-electron chi connectivity index (χ4n) is 1.51. The summed E-state index contributed by atoms with van der Waals surface area (Å²) in [5, 5.41) is 12.9. The molecule has 1 aromatic rings. The SMILES string of the molecule is CC[C@@H](C)[C@](C)(O)CNC(=O)c1cncc(Br)c1. The van der Waals surface area contributed by atoms with Crippen LogP contribution in [0.5, 0.6) is 0 Å². The third-order valence-electron chi connectivity index (χ3n) is 3.25. The maximum atomic E-state index is 11.9. The van der Waals surface area contributed by atoms with Crippen molar-refractivity contribution < 1.29 is 9.90 Å². The largest absolute Gasteiger partial charge is 0.388 e. The number of carbonyl (C=O) groups excluding carboxylic acids is 1. The van der Waals surface area contributed by atoms with Crippen LogP contribution in [0.3, 0.4) is 0 Å². The monoisotopic (exact) mass is 314 g/mol. The summed E-state index contributed by atoms with van der Waals surface area (Å²) >= 11 is 3.26. The summed E-state index contributed by atoms with van der Waals surface area (Å²) in [6.45, 7) is 5.94. The number of amides is 1. The summed E-state index contributed by atoms with van der Waals surface area (Å²) in [5.74, 6) is -0.106. The van der Waals surface area contributed by atoms with E-state index in [4.69, 9.17) is 0 Å². The van der Waals surface area contributed by atoms with Crippen LogP contribution in [0, 0.1) is 5.92 Å². The van der Waals surface area contributed by atoms with Crippen molar-refractivity contribution >= 4 is 21.8 Å². The van der Waals surface area contributed by atoms with Crippen molar-refractivity contribution in [2.75, 3.05) is 6.54 Å². The van der Waals surface area contributed by atoms with E-state index in [2.05, 4.69) is 26.2 Å². The van der Waals surface area contributed by atoms with Crippen LogP contribution >= 0.6 is 15.9 Å². The van der Waals surface area contributed by atoms with Crippen molar-refractivity contribution in [1.29, 1.82) is 0 Å². The molecule has 1 heterocycles. The van der Waals surface area contributed by atoms with E-state index in [9.17, 15) is 9.90 Å². The average molecular weight is 315 g/mol. The zero-order valence-electron chi connectivity index (χ0n) is 10.9. The minimum Gasteiger partial charge on any atom is -0.388 e. The normalized spacial score (nSPS) is 15.8. The number of carbonyl (C=O) groups is 1. The molecule has 5 heteroatoms. The highest BCUT2D eigenvalue weighted by Gasteiger charge is 2.27. The Morgan fingerprint density at radius 1 is 1.61 bits per heavy atom. The Morgan fingerprint density at radius 2 is 2.28 bits per heavy atom. The fraction of sp³-hybridized carbons (Fsp3) is 0.538. The third kappa shape index (κ3) is 4.07. The lowest BCUT2D eigenvalue weighted by Gasteiger charge is -2.29. The Labute approximate surface area is 116 Å². The molecule has 1 amide bonds. The van der Waals surface area contributed by atoms with E-state index in [1.54, 1.807) is 19.2 Å². The maximum Gasteiger partial charge on any atom is 0.252 e. The van der Waals surface area contributed by atoms with E-state index in [-0.39, 0.29) is 18.4 Å². The van der Waals surface area contributed by atoms with Crippen molar-refractivity contribution in [3.05, 3.63) is 28.5 Å². The van der Waals surface area contributed by atoms with Crippen LogP contribution in [-0.2, 0) is 0 Å². The molecule has 0 saturated carbocycles. The van der Waals surface area contributed by atoms with Crippen LogP contribution in [0.25, 0.3) is 0 Å². The predicted octanol–water partition coefficient (Wildman–Crippen LogP) is 2.37. The van der Waals surface area contributed by atoms with Gasteiger partial charge in [-0.2, -0.15) is 0 Å². The molecule has 0 spiro atoms. The summed E-state index contributed by atoms with van der Waals surface area (Å²) in [6.07, 6.45) is 3.98. The molecule has 100 valence electrons. The molecule has 0 aliphatic rings. The molecule has 4 nitrogen and oxygen atoms in total. The Morgan fingerprint density at radius 3 is 2.83 bits per heavy atom. The van der Waals surface area contributed by atoms with Crippen molar-refractivity contribution in [2.24, 2.45) is 5.92 Å². The quantitative estimate of drug-likeness (QED) is 0.877. The highest BCUT2D eigenvalue weighted by atomic mass is 79.9. The minimum absolute atomic E-state index is 0.124. The predicted molar refractivity (Wildman–Crippen MR) is 74.3 cm³/mol. The molecule has 0 radical (unpaired) electrons. The van der Waals surface area contributed by atoms with Crippen LogP contribution in [0.4, 0.5) is 0 Å². The van der Waals surface area contributed by atoms with E-state index in [1.165, 1.54) is 6.20 Å². The van der Waals surface area contributed by atoms with Crippen LogP contribution in [0.1, 0.15) is 37.6 Å². The lowest BCUT2D eigenvalue weighted by atomic mass is 9.88. The molecule has 0 fully saturated rings. The number of hydrogen-bond donors (Lipinski definition) is 2. The molecule has 1 aromatic heterocycles. The van der Waals surface area contributed by atoms with Crippen molar-refractivity contribution in [3.8, 4) is 0 Å². The molecular weight excluding hydrogens is 296 g/mol. The summed E-state index contributed by atoms with van der Waals surface area (Å²) in [6, 6.07) is 1.69. The number of halogens is 1. The van der Waals surface area contributed by atoms with Gasteiger partial charge in [-0.3, -0.25) is 9.78 Å². The molecule has 2 N–H and O–H groups in total. The molecule has 2 atom stereocenters. The number of nitrogens with one attached hydrogen (secondary N) is 1. The van der Waals surface area contributed by atoms with E-state index in [0.29, 0.717) is 5.56 Å². The van der Waals surface area contributed by atoms with Gasteiger partial charge in [0.25, 0.3) is 5.91 Å². The Bertz CT molecular complexity index is 421. The van der Waals surface area contributed by atoms with E-state index in [0.717, 1.165) is 10.9 Å². The van der Waals surface area contributed by atoms with Gasteiger partial charge in [0.15, 0.2) is 0 Å². The van der Waals surface area contributed by atoms with Gasteiger partial charge in [-0.05, 0) is 34.8 Å². The smallest absolute Gasteiger partial charge is 0.252 e. The van der Waals surface area contributed by atoms with E-state index < -0.39 is 5.60 Å². The Kier molecular flexibility index (Phi) is 5.28. The van der Waals surface area contributed by atoms with Crippen LogP contribution in [0.15, 0.2) is 22.9 Å². The number of aliphatic hydroxyl groups is 1. The summed E-state index contributed by atoms with van der Waals surface area (Å²) < 4.78 is 0.754. The van der Waals surface area contributed by atoms with Gasteiger partial charge in [0.05, 0.1) is 11.2 Å². The van der Waals surface area contributed by atoms with Crippen LogP contribution < -0.4 is 5.32 Å². The lowest BCUT2D eigenvalue weighted by Crippen LogP contribution is -2.45. The first-order valence-corrected chi connectivity index (χ1v) is 6.77. The van der Waals surface area contributed by atoms with E-state index >= 15 is 0 Å². The zero-order chi connectivity index (χ0) is 13.8. The number of pyridine rings is 1. The van der Waals surface area contributed by atoms with Crippen molar-refractivity contribution in [1.82, 2.24) is 10.3 Å². The first-order valence-electron chi connectivity index (χ1n) is 5.98. The molecular formula is C13H19BrN2O2. The second kappa shape index (κ2) is 6.29. The first-order chi connectivity index (χ1) is 8.36. The summed E-state index contributed by atoms with van der Waals surface area (Å²) in [5.41, 5.74) is -0.423. The van der Waals surface area contributed by atoms with Gasteiger partial charge in [-0.1, -0.05) is 20.3 Å². The highest BCUT2D eigenvalue weighted by molar-refractivity contribution is 9.10. The molecule has 0 aromatic carbocycles. The molecule has 0 unspecified atom stereocenters. The van der Waals surface area contributed by atoms with Gasteiger partial charge in [-0.25, -0.2) is 0 Å². The maximum absolute atomic E-state index is 11.9. The minimum atomic E-state index is -0.899. The summed E-state index contributed by atoms with van der Waals surface area (Å²) in [4.78, 5) is 15.8. The van der Waals surface area contributed by atoms with Crippen molar-refractivity contribution in [2.45, 2.75) is 32.8 Å². The zero-order valence-corrected chi connectivity index (χ0v) is 12.5. The number of nitrogens with zero attached hydrogens (tertiary/aromatic N) is 1. The second-order valence-corrected chi connectivity index (χ2v) is 5.66. The molecule has 0 saturated heterocycles. The number of hydrogen-bond acceptors (Lipinski definition) is 3. The molecule has 1 rings (SSSR count). The second-order valence-electron chi connectivity index (χ2n) is 4.74. The Balaban J connectivity index is 2.61. The highest BCUT2D eigenvalue weighted by Crippen LogP contribution is 2.19. The summed E-state index contributed by atoms with van der Waals surface area (Å²) in [7, 11) is 0. The van der Waals surface area contributed by atoms with Gasteiger partial charge >= 0.3 is 0 Å². The standard InChI is InChI=1S/C13H19BrN2O2/c1-4-9(2)13(3,18)8-16-12(17)10-5-11(14)7-15-6-10/h5-7,9,18H,4,8H2,1-3H3,(H,16,17)/t9-,13-/m1/s1. The van der Waals surface area contributed by atoms with E-state index in [1.807, 2.05) is 13.8 Å². The topological polar surface area (TPSA) is 62.2 Å². The van der Waals surface area contributed by atoms with Gasteiger partial charge in [0.2, 0.25) is 0 Å².